The van der Waals surface area contributed by atoms with Gasteiger partial charge in [0.15, 0.2) is 0 Å². The van der Waals surface area contributed by atoms with Crippen molar-refractivity contribution in [2.45, 2.75) is 31.2 Å². The summed E-state index contributed by atoms with van der Waals surface area (Å²) in [6.07, 6.45) is 0.908. The number of benzene rings is 1. The number of amides is 1. The van der Waals surface area contributed by atoms with Crippen LogP contribution < -0.4 is 5.32 Å². The fraction of sp³-hybridized carbons (Fsp3) is 0.562. The first-order chi connectivity index (χ1) is 10.4. The lowest BCUT2D eigenvalue weighted by Gasteiger charge is -2.29. The highest BCUT2D eigenvalue weighted by molar-refractivity contribution is 5.83. The van der Waals surface area contributed by atoms with Crippen molar-refractivity contribution in [1.29, 1.82) is 0 Å². The molecule has 0 bridgehead atoms. The first-order valence-electron chi connectivity index (χ1n) is 7.27. The Morgan fingerprint density at radius 2 is 2.23 bits per heavy atom. The first kappa shape index (κ1) is 16.8. The van der Waals surface area contributed by atoms with E-state index in [0.29, 0.717) is 18.4 Å². The predicted molar refractivity (Wildman–Crippen MR) is 77.3 cm³/mol. The van der Waals surface area contributed by atoms with E-state index in [4.69, 9.17) is 9.84 Å². The Labute approximate surface area is 128 Å². The van der Waals surface area contributed by atoms with Crippen molar-refractivity contribution in [3.63, 3.8) is 0 Å². The van der Waals surface area contributed by atoms with E-state index in [1.165, 1.54) is 19.2 Å². The lowest BCUT2D eigenvalue weighted by atomic mass is 9.98. The Morgan fingerprint density at radius 3 is 2.82 bits per heavy atom. The molecule has 0 aromatic heterocycles. The van der Waals surface area contributed by atoms with Crippen LogP contribution in [0.2, 0.25) is 0 Å². The van der Waals surface area contributed by atoms with E-state index in [0.717, 1.165) is 6.07 Å². The normalized spacial score (nSPS) is 23.0. The van der Waals surface area contributed by atoms with Gasteiger partial charge in [0.1, 0.15) is 11.6 Å². The maximum absolute atomic E-state index is 13.7. The lowest BCUT2D eigenvalue weighted by Crippen LogP contribution is -2.50. The molecule has 2 N–H and O–H groups in total. The van der Waals surface area contributed by atoms with Crippen molar-refractivity contribution in [3.8, 4) is 0 Å². The van der Waals surface area contributed by atoms with E-state index < -0.39 is 17.2 Å². The summed E-state index contributed by atoms with van der Waals surface area (Å²) < 4.78 is 31.7. The highest BCUT2D eigenvalue weighted by Crippen LogP contribution is 2.48. The number of aliphatic hydroxyl groups is 1. The summed E-state index contributed by atoms with van der Waals surface area (Å²) in [6.45, 7) is 2.00. The number of rotatable bonds is 7. The minimum atomic E-state index is -0.658. The molecule has 1 aromatic rings. The number of hydrogen-bond acceptors (Lipinski definition) is 3. The molecule has 1 aliphatic carbocycles. The molecule has 122 valence electrons. The van der Waals surface area contributed by atoms with Crippen molar-refractivity contribution in [1.82, 2.24) is 5.32 Å². The number of halogens is 2. The summed E-state index contributed by atoms with van der Waals surface area (Å²) in [5.74, 6) is -1.98. The Balaban J connectivity index is 2.00. The maximum Gasteiger partial charge on any atom is 0.224 e. The number of aliphatic hydroxyl groups excluding tert-OH is 1. The Bertz CT molecular complexity index is 544. The van der Waals surface area contributed by atoms with Gasteiger partial charge in [0.25, 0.3) is 0 Å². The molecule has 0 heterocycles. The van der Waals surface area contributed by atoms with Crippen molar-refractivity contribution in [3.05, 3.63) is 35.4 Å². The molecular weight excluding hydrogens is 292 g/mol. The van der Waals surface area contributed by atoms with Crippen LogP contribution in [0.25, 0.3) is 0 Å². The van der Waals surface area contributed by atoms with Gasteiger partial charge in [-0.25, -0.2) is 8.78 Å². The highest BCUT2D eigenvalue weighted by atomic mass is 19.1. The predicted octanol–water partition coefficient (Wildman–Crippen LogP) is 1.97. The molecule has 0 radical (unpaired) electrons. The van der Waals surface area contributed by atoms with E-state index in [1.807, 2.05) is 0 Å². The Kier molecular flexibility index (Phi) is 5.13. The van der Waals surface area contributed by atoms with Crippen LogP contribution in [0.3, 0.4) is 0 Å². The summed E-state index contributed by atoms with van der Waals surface area (Å²) in [6, 6.07) is 3.43. The fourth-order valence-electron chi connectivity index (χ4n) is 2.76. The third-order valence-electron chi connectivity index (χ3n) is 4.04. The molecule has 22 heavy (non-hydrogen) atoms. The number of carbonyl (C=O) groups excluding carboxylic acids is 1. The molecular formula is C16H21F2NO3. The van der Waals surface area contributed by atoms with Gasteiger partial charge in [0, 0.05) is 25.7 Å². The van der Waals surface area contributed by atoms with Gasteiger partial charge in [-0.3, -0.25) is 4.79 Å². The molecule has 3 atom stereocenters. The largest absolute Gasteiger partial charge is 0.396 e. The summed E-state index contributed by atoms with van der Waals surface area (Å²) >= 11 is 0. The van der Waals surface area contributed by atoms with Gasteiger partial charge in [0.05, 0.1) is 12.1 Å². The molecule has 1 fully saturated rings. The average Bonchev–Trinajstić information content (AvgIpc) is 3.19. The molecule has 3 unspecified atom stereocenters. The zero-order chi connectivity index (χ0) is 16.3. The number of carbonyl (C=O) groups is 1. The van der Waals surface area contributed by atoms with Gasteiger partial charge in [-0.05, 0) is 37.3 Å². The van der Waals surface area contributed by atoms with E-state index in [2.05, 4.69) is 5.32 Å². The molecule has 0 spiro atoms. The van der Waals surface area contributed by atoms with E-state index in [9.17, 15) is 13.6 Å². The maximum atomic E-state index is 13.7. The van der Waals surface area contributed by atoms with Gasteiger partial charge in [-0.2, -0.15) is 0 Å². The molecule has 1 aromatic carbocycles. The van der Waals surface area contributed by atoms with Gasteiger partial charge in [-0.1, -0.05) is 6.07 Å². The average molecular weight is 313 g/mol. The van der Waals surface area contributed by atoms with Crippen LogP contribution in [0, 0.1) is 17.6 Å². The minimum absolute atomic E-state index is 0.0686. The number of ether oxygens (including phenoxy) is 1. The highest BCUT2D eigenvalue weighted by Gasteiger charge is 2.46. The molecule has 2 rings (SSSR count). The number of methoxy groups -OCH3 is 1. The van der Waals surface area contributed by atoms with Crippen LogP contribution in [0.4, 0.5) is 8.78 Å². The SMILES string of the molecule is COCC(C)(CCO)NC(=O)C1CC1c1ccc(F)cc1F. The fourth-order valence-corrected chi connectivity index (χ4v) is 2.76. The zero-order valence-electron chi connectivity index (χ0n) is 12.7. The molecule has 0 saturated heterocycles. The summed E-state index contributed by atoms with van der Waals surface area (Å²) in [5.41, 5.74) is -0.285. The number of hydrogen-bond donors (Lipinski definition) is 2. The van der Waals surface area contributed by atoms with Crippen molar-refractivity contribution >= 4 is 5.91 Å². The van der Waals surface area contributed by atoms with Gasteiger partial charge in [0.2, 0.25) is 5.91 Å². The summed E-state index contributed by atoms with van der Waals surface area (Å²) in [5, 5.41) is 12.0. The second-order valence-electron chi connectivity index (χ2n) is 6.07. The topological polar surface area (TPSA) is 58.6 Å². The van der Waals surface area contributed by atoms with E-state index in [1.54, 1.807) is 6.92 Å². The third kappa shape index (κ3) is 3.81. The summed E-state index contributed by atoms with van der Waals surface area (Å²) in [4.78, 5) is 12.3. The van der Waals surface area contributed by atoms with Crippen molar-refractivity contribution < 1.29 is 23.4 Å². The monoisotopic (exact) mass is 313 g/mol. The number of nitrogens with one attached hydrogen (secondary N) is 1. The quantitative estimate of drug-likeness (QED) is 0.809. The lowest BCUT2D eigenvalue weighted by molar-refractivity contribution is -0.125. The third-order valence-corrected chi connectivity index (χ3v) is 4.04. The zero-order valence-corrected chi connectivity index (χ0v) is 12.7. The van der Waals surface area contributed by atoms with Crippen LogP contribution in [-0.4, -0.2) is 36.9 Å². The molecule has 0 aliphatic heterocycles. The standard InChI is InChI=1S/C16H21F2NO3/c1-16(5-6-20,9-22-2)19-15(21)13-8-12(13)11-4-3-10(17)7-14(11)18/h3-4,7,12-13,20H,5-6,8-9H2,1-2H3,(H,19,21). The molecule has 1 saturated carbocycles. The molecule has 1 amide bonds. The minimum Gasteiger partial charge on any atom is -0.396 e. The van der Waals surface area contributed by atoms with Crippen LogP contribution >= 0.6 is 0 Å². The molecule has 6 heteroatoms. The Morgan fingerprint density at radius 1 is 1.50 bits per heavy atom. The van der Waals surface area contributed by atoms with Crippen LogP contribution in [0.15, 0.2) is 18.2 Å². The van der Waals surface area contributed by atoms with Crippen LogP contribution in [0.1, 0.15) is 31.2 Å². The van der Waals surface area contributed by atoms with E-state index >= 15 is 0 Å². The smallest absolute Gasteiger partial charge is 0.224 e. The van der Waals surface area contributed by atoms with Crippen molar-refractivity contribution in [2.75, 3.05) is 20.3 Å². The molecule has 4 nitrogen and oxygen atoms in total. The summed E-state index contributed by atoms with van der Waals surface area (Å²) in [7, 11) is 1.52. The van der Waals surface area contributed by atoms with Gasteiger partial charge in [-0.15, -0.1) is 0 Å². The first-order valence-corrected chi connectivity index (χ1v) is 7.27. The molecule has 1 aliphatic rings. The van der Waals surface area contributed by atoms with Crippen LogP contribution in [0.5, 0.6) is 0 Å². The van der Waals surface area contributed by atoms with Gasteiger partial charge >= 0.3 is 0 Å². The Hall–Kier alpha value is -1.53. The van der Waals surface area contributed by atoms with Crippen molar-refractivity contribution in [2.24, 2.45) is 5.92 Å². The second-order valence-corrected chi connectivity index (χ2v) is 6.07. The second kappa shape index (κ2) is 6.71. The van der Waals surface area contributed by atoms with Gasteiger partial charge < -0.3 is 15.2 Å². The van der Waals surface area contributed by atoms with E-state index in [-0.39, 0.29) is 31.0 Å². The van der Waals surface area contributed by atoms with Crippen LogP contribution in [-0.2, 0) is 9.53 Å².